The van der Waals surface area contributed by atoms with Crippen molar-refractivity contribution in [3.8, 4) is 0 Å². The molecule has 2 aliphatic rings. The summed E-state index contributed by atoms with van der Waals surface area (Å²) in [6.45, 7) is 1.31. The van der Waals surface area contributed by atoms with E-state index in [-0.39, 0.29) is 18.0 Å². The van der Waals surface area contributed by atoms with Gasteiger partial charge < -0.3 is 9.47 Å². The standard InChI is InChI=1S/C7H10O3/c8-7-5-3-6(10-7)1-2-9-4-5/h5-6H,1-4H2. The van der Waals surface area contributed by atoms with Gasteiger partial charge in [-0.3, -0.25) is 4.79 Å². The van der Waals surface area contributed by atoms with Gasteiger partial charge in [0.05, 0.1) is 19.1 Å². The molecule has 0 radical (unpaired) electrons. The van der Waals surface area contributed by atoms with Crippen LogP contribution in [0.4, 0.5) is 0 Å². The molecule has 2 fully saturated rings. The molecule has 0 aliphatic carbocycles. The Balaban J connectivity index is 2.09. The third-order valence-corrected chi connectivity index (χ3v) is 2.07. The monoisotopic (exact) mass is 142 g/mol. The second-order valence-electron chi connectivity index (χ2n) is 2.86. The molecule has 0 spiro atoms. The van der Waals surface area contributed by atoms with Crippen LogP contribution in [0.2, 0.25) is 0 Å². The number of rotatable bonds is 0. The average Bonchev–Trinajstić information content (AvgIpc) is 2.18. The molecule has 2 rings (SSSR count). The van der Waals surface area contributed by atoms with E-state index >= 15 is 0 Å². The molecule has 0 aromatic heterocycles. The Kier molecular flexibility index (Phi) is 1.38. The second-order valence-corrected chi connectivity index (χ2v) is 2.86. The molecule has 2 saturated heterocycles. The van der Waals surface area contributed by atoms with Gasteiger partial charge in [-0.25, -0.2) is 0 Å². The zero-order chi connectivity index (χ0) is 6.97. The van der Waals surface area contributed by atoms with Crippen LogP contribution in [0.5, 0.6) is 0 Å². The minimum atomic E-state index is -0.0651. The molecule has 3 nitrogen and oxygen atoms in total. The Labute approximate surface area is 59.3 Å². The summed E-state index contributed by atoms with van der Waals surface area (Å²) in [6, 6.07) is 0. The van der Waals surface area contributed by atoms with Crippen molar-refractivity contribution < 1.29 is 14.3 Å². The smallest absolute Gasteiger partial charge is 0.311 e. The number of fused-ring (bicyclic) bond motifs is 2. The quantitative estimate of drug-likeness (QED) is 0.457. The predicted molar refractivity (Wildman–Crippen MR) is 33.4 cm³/mol. The molecule has 56 valence electrons. The molecule has 2 unspecified atom stereocenters. The van der Waals surface area contributed by atoms with Crippen LogP contribution < -0.4 is 0 Å². The van der Waals surface area contributed by atoms with Crippen LogP contribution >= 0.6 is 0 Å². The second kappa shape index (κ2) is 2.23. The van der Waals surface area contributed by atoms with Gasteiger partial charge in [-0.1, -0.05) is 0 Å². The van der Waals surface area contributed by atoms with Crippen LogP contribution in [0.15, 0.2) is 0 Å². The van der Waals surface area contributed by atoms with Crippen molar-refractivity contribution in [2.24, 2.45) is 5.92 Å². The molecular weight excluding hydrogens is 132 g/mol. The Morgan fingerprint density at radius 1 is 1.50 bits per heavy atom. The highest BCUT2D eigenvalue weighted by Crippen LogP contribution is 2.26. The van der Waals surface area contributed by atoms with E-state index in [1.54, 1.807) is 0 Å². The molecule has 0 N–H and O–H groups in total. The van der Waals surface area contributed by atoms with Gasteiger partial charge in [-0.15, -0.1) is 0 Å². The maximum Gasteiger partial charge on any atom is 0.311 e. The van der Waals surface area contributed by atoms with Gasteiger partial charge in [-0.05, 0) is 6.42 Å². The summed E-state index contributed by atoms with van der Waals surface area (Å²) in [5.74, 6) is -0.0304. The summed E-state index contributed by atoms with van der Waals surface area (Å²) in [5, 5.41) is 0. The lowest BCUT2D eigenvalue weighted by Crippen LogP contribution is -2.16. The summed E-state index contributed by atoms with van der Waals surface area (Å²) in [4.78, 5) is 10.9. The van der Waals surface area contributed by atoms with Crippen LogP contribution in [-0.2, 0) is 14.3 Å². The summed E-state index contributed by atoms with van der Waals surface area (Å²) in [5.41, 5.74) is 0. The predicted octanol–water partition coefficient (Wildman–Crippen LogP) is 0.338. The third kappa shape index (κ3) is 0.904. The highest BCUT2D eigenvalue weighted by molar-refractivity contribution is 5.74. The van der Waals surface area contributed by atoms with Crippen molar-refractivity contribution in [1.29, 1.82) is 0 Å². The van der Waals surface area contributed by atoms with E-state index in [9.17, 15) is 4.79 Å². The van der Waals surface area contributed by atoms with Gasteiger partial charge >= 0.3 is 5.97 Å². The van der Waals surface area contributed by atoms with Gasteiger partial charge in [0.25, 0.3) is 0 Å². The SMILES string of the molecule is O=C1OC2CCOCC1C2. The number of carbonyl (C=O) groups is 1. The lowest BCUT2D eigenvalue weighted by molar-refractivity contribution is -0.148. The maximum absolute atomic E-state index is 10.9. The lowest BCUT2D eigenvalue weighted by atomic mass is 10.1. The fourth-order valence-electron chi connectivity index (χ4n) is 1.48. The molecule has 0 amide bonds. The van der Waals surface area contributed by atoms with Crippen molar-refractivity contribution in [2.45, 2.75) is 18.9 Å². The summed E-state index contributed by atoms with van der Waals surface area (Å²) in [6.07, 6.45) is 1.90. The zero-order valence-corrected chi connectivity index (χ0v) is 5.71. The number of ether oxygens (including phenoxy) is 2. The zero-order valence-electron chi connectivity index (χ0n) is 5.71. The Morgan fingerprint density at radius 3 is 3.30 bits per heavy atom. The minimum absolute atomic E-state index is 0.0347. The van der Waals surface area contributed by atoms with E-state index < -0.39 is 0 Å². The van der Waals surface area contributed by atoms with E-state index in [0.717, 1.165) is 19.4 Å². The van der Waals surface area contributed by atoms with Crippen LogP contribution in [0.25, 0.3) is 0 Å². The fourth-order valence-corrected chi connectivity index (χ4v) is 1.48. The van der Waals surface area contributed by atoms with Gasteiger partial charge in [0, 0.05) is 6.42 Å². The third-order valence-electron chi connectivity index (χ3n) is 2.07. The molecule has 2 aliphatic heterocycles. The Morgan fingerprint density at radius 2 is 2.40 bits per heavy atom. The summed E-state index contributed by atoms with van der Waals surface area (Å²) in [7, 11) is 0. The van der Waals surface area contributed by atoms with Gasteiger partial charge in [0.1, 0.15) is 6.10 Å². The van der Waals surface area contributed by atoms with E-state index in [1.807, 2.05) is 0 Å². The highest BCUT2D eigenvalue weighted by Gasteiger charge is 2.36. The maximum atomic E-state index is 10.9. The molecule has 2 heterocycles. The van der Waals surface area contributed by atoms with Crippen LogP contribution in [0.1, 0.15) is 12.8 Å². The van der Waals surface area contributed by atoms with Crippen LogP contribution in [-0.4, -0.2) is 25.3 Å². The Bertz CT molecular complexity index is 155. The average molecular weight is 142 g/mol. The number of carbonyl (C=O) groups excluding carboxylic acids is 1. The van der Waals surface area contributed by atoms with Gasteiger partial charge in [-0.2, -0.15) is 0 Å². The molecule has 2 bridgehead atoms. The lowest BCUT2D eigenvalue weighted by Gasteiger charge is -2.08. The first-order valence-corrected chi connectivity index (χ1v) is 3.64. The van der Waals surface area contributed by atoms with E-state index in [0.29, 0.717) is 6.61 Å². The molecule has 0 aromatic rings. The van der Waals surface area contributed by atoms with E-state index in [2.05, 4.69) is 0 Å². The first kappa shape index (κ1) is 6.16. The van der Waals surface area contributed by atoms with Crippen molar-refractivity contribution in [3.63, 3.8) is 0 Å². The van der Waals surface area contributed by atoms with Crippen LogP contribution in [0, 0.1) is 5.92 Å². The largest absolute Gasteiger partial charge is 0.462 e. The highest BCUT2D eigenvalue weighted by atomic mass is 16.6. The van der Waals surface area contributed by atoms with E-state index in [4.69, 9.17) is 9.47 Å². The van der Waals surface area contributed by atoms with Gasteiger partial charge in [0.15, 0.2) is 0 Å². The van der Waals surface area contributed by atoms with Crippen molar-refractivity contribution >= 4 is 5.97 Å². The normalized spacial score (nSPS) is 39.0. The number of hydrogen-bond acceptors (Lipinski definition) is 3. The van der Waals surface area contributed by atoms with Gasteiger partial charge in [0.2, 0.25) is 0 Å². The molecule has 0 saturated carbocycles. The minimum Gasteiger partial charge on any atom is -0.462 e. The number of esters is 1. The first-order valence-electron chi connectivity index (χ1n) is 3.64. The molecule has 2 atom stereocenters. The topological polar surface area (TPSA) is 35.5 Å². The fraction of sp³-hybridized carbons (Fsp3) is 0.857. The summed E-state index contributed by atoms with van der Waals surface area (Å²) >= 11 is 0. The summed E-state index contributed by atoms with van der Waals surface area (Å²) < 4.78 is 10.2. The molecule has 0 aromatic carbocycles. The molecule has 3 heteroatoms. The first-order chi connectivity index (χ1) is 4.86. The van der Waals surface area contributed by atoms with Crippen molar-refractivity contribution in [2.75, 3.05) is 13.2 Å². The molecule has 10 heavy (non-hydrogen) atoms. The molecular formula is C7H10O3. The number of hydrogen-bond donors (Lipinski definition) is 0. The van der Waals surface area contributed by atoms with E-state index in [1.165, 1.54) is 0 Å². The van der Waals surface area contributed by atoms with Crippen molar-refractivity contribution in [3.05, 3.63) is 0 Å². The van der Waals surface area contributed by atoms with Crippen molar-refractivity contribution in [1.82, 2.24) is 0 Å². The van der Waals surface area contributed by atoms with Crippen LogP contribution in [0.3, 0.4) is 0 Å². The Hall–Kier alpha value is -0.570.